The van der Waals surface area contributed by atoms with Gasteiger partial charge in [-0.3, -0.25) is 0 Å². The van der Waals surface area contributed by atoms with Crippen LogP contribution < -0.4 is 11.1 Å². The van der Waals surface area contributed by atoms with Crippen molar-refractivity contribution >= 4 is 23.0 Å². The Morgan fingerprint density at radius 3 is 2.76 bits per heavy atom. The Kier molecular flexibility index (Phi) is 4.51. The fraction of sp³-hybridized carbons (Fsp3) is 0.538. The predicted molar refractivity (Wildman–Crippen MR) is 74.6 cm³/mol. The standard InChI is InChI=1S/C13H20ClN3/c14-11-4-5-12(15)13(10-11)16-6-9-17-7-2-1-3-8-17/h4-5,10,16H,1-3,6-9,15H2. The zero-order valence-corrected chi connectivity index (χ0v) is 10.8. The Hall–Kier alpha value is -0.930. The molecule has 94 valence electrons. The van der Waals surface area contributed by atoms with Gasteiger partial charge in [0.25, 0.3) is 0 Å². The molecule has 3 nitrogen and oxygen atoms in total. The van der Waals surface area contributed by atoms with Crippen LogP contribution in [0.1, 0.15) is 19.3 Å². The molecule has 1 aliphatic heterocycles. The summed E-state index contributed by atoms with van der Waals surface area (Å²) in [7, 11) is 0. The van der Waals surface area contributed by atoms with Gasteiger partial charge in [-0.25, -0.2) is 0 Å². The molecule has 0 aliphatic carbocycles. The summed E-state index contributed by atoms with van der Waals surface area (Å²) in [5, 5.41) is 4.07. The number of rotatable bonds is 4. The number of benzene rings is 1. The quantitative estimate of drug-likeness (QED) is 0.811. The lowest BCUT2D eigenvalue weighted by molar-refractivity contribution is 0.237. The highest BCUT2D eigenvalue weighted by Crippen LogP contribution is 2.22. The van der Waals surface area contributed by atoms with Gasteiger partial charge < -0.3 is 16.0 Å². The van der Waals surface area contributed by atoms with Crippen molar-refractivity contribution in [2.24, 2.45) is 0 Å². The minimum absolute atomic E-state index is 0.722. The van der Waals surface area contributed by atoms with Crippen molar-refractivity contribution in [3.63, 3.8) is 0 Å². The Balaban J connectivity index is 1.79. The van der Waals surface area contributed by atoms with Crippen LogP contribution >= 0.6 is 11.6 Å². The summed E-state index contributed by atoms with van der Waals surface area (Å²) < 4.78 is 0. The van der Waals surface area contributed by atoms with E-state index >= 15 is 0 Å². The molecule has 1 aliphatic rings. The van der Waals surface area contributed by atoms with E-state index in [1.165, 1.54) is 32.4 Å². The number of likely N-dealkylation sites (tertiary alicyclic amines) is 1. The molecule has 0 spiro atoms. The number of nitrogens with one attached hydrogen (secondary N) is 1. The van der Waals surface area contributed by atoms with E-state index < -0.39 is 0 Å². The topological polar surface area (TPSA) is 41.3 Å². The number of hydrogen-bond donors (Lipinski definition) is 2. The van der Waals surface area contributed by atoms with Crippen molar-refractivity contribution in [3.8, 4) is 0 Å². The highest BCUT2D eigenvalue weighted by atomic mass is 35.5. The van der Waals surface area contributed by atoms with E-state index in [-0.39, 0.29) is 0 Å². The van der Waals surface area contributed by atoms with Gasteiger partial charge in [-0.2, -0.15) is 0 Å². The van der Waals surface area contributed by atoms with Gasteiger partial charge >= 0.3 is 0 Å². The molecule has 0 aromatic heterocycles. The minimum atomic E-state index is 0.722. The van der Waals surface area contributed by atoms with Gasteiger partial charge in [-0.1, -0.05) is 18.0 Å². The van der Waals surface area contributed by atoms with Gasteiger partial charge in [-0.05, 0) is 44.1 Å². The first kappa shape index (κ1) is 12.5. The minimum Gasteiger partial charge on any atom is -0.397 e. The van der Waals surface area contributed by atoms with Crippen LogP contribution in [0.5, 0.6) is 0 Å². The zero-order chi connectivity index (χ0) is 12.1. The lowest BCUT2D eigenvalue weighted by Crippen LogP contribution is -2.33. The third kappa shape index (κ3) is 3.79. The lowest BCUT2D eigenvalue weighted by Gasteiger charge is -2.26. The summed E-state index contributed by atoms with van der Waals surface area (Å²) >= 11 is 5.94. The average Bonchev–Trinajstić information content (AvgIpc) is 2.35. The van der Waals surface area contributed by atoms with Crippen molar-refractivity contribution in [1.29, 1.82) is 0 Å². The van der Waals surface area contributed by atoms with Crippen molar-refractivity contribution < 1.29 is 0 Å². The van der Waals surface area contributed by atoms with E-state index in [0.717, 1.165) is 29.5 Å². The van der Waals surface area contributed by atoms with Crippen molar-refractivity contribution in [1.82, 2.24) is 4.90 Å². The van der Waals surface area contributed by atoms with E-state index in [2.05, 4.69) is 10.2 Å². The normalized spacial score (nSPS) is 17.0. The molecule has 2 rings (SSSR count). The van der Waals surface area contributed by atoms with Crippen molar-refractivity contribution in [2.75, 3.05) is 37.2 Å². The van der Waals surface area contributed by atoms with Crippen molar-refractivity contribution in [3.05, 3.63) is 23.2 Å². The molecule has 1 heterocycles. The van der Waals surface area contributed by atoms with Crippen LogP contribution in [0.4, 0.5) is 11.4 Å². The third-order valence-electron chi connectivity index (χ3n) is 3.21. The maximum atomic E-state index is 5.94. The van der Waals surface area contributed by atoms with Gasteiger partial charge in [0.15, 0.2) is 0 Å². The van der Waals surface area contributed by atoms with E-state index in [9.17, 15) is 0 Å². The van der Waals surface area contributed by atoms with Crippen LogP contribution in [0.15, 0.2) is 18.2 Å². The number of hydrogen-bond acceptors (Lipinski definition) is 3. The van der Waals surface area contributed by atoms with Crippen LogP contribution in [-0.4, -0.2) is 31.1 Å². The number of nitrogens with zero attached hydrogens (tertiary/aromatic N) is 1. The lowest BCUT2D eigenvalue weighted by atomic mass is 10.1. The van der Waals surface area contributed by atoms with Gasteiger partial charge in [0.1, 0.15) is 0 Å². The average molecular weight is 254 g/mol. The van der Waals surface area contributed by atoms with E-state index in [1.807, 2.05) is 18.2 Å². The SMILES string of the molecule is Nc1ccc(Cl)cc1NCCN1CCCCC1. The molecule has 0 bridgehead atoms. The number of nitrogen functional groups attached to an aromatic ring is 1. The second-order valence-electron chi connectivity index (χ2n) is 4.56. The van der Waals surface area contributed by atoms with Crippen LogP contribution in [-0.2, 0) is 0 Å². The van der Waals surface area contributed by atoms with Gasteiger partial charge in [0, 0.05) is 18.1 Å². The summed E-state index contributed by atoms with van der Waals surface area (Å²) in [4.78, 5) is 2.50. The summed E-state index contributed by atoms with van der Waals surface area (Å²) in [6.45, 7) is 4.45. The Labute approximate surface area is 108 Å². The van der Waals surface area contributed by atoms with Gasteiger partial charge in [0.05, 0.1) is 11.4 Å². The fourth-order valence-corrected chi connectivity index (χ4v) is 2.39. The molecule has 1 fully saturated rings. The largest absolute Gasteiger partial charge is 0.397 e. The Morgan fingerprint density at radius 2 is 2.00 bits per heavy atom. The van der Waals surface area contributed by atoms with Crippen molar-refractivity contribution in [2.45, 2.75) is 19.3 Å². The molecule has 0 amide bonds. The smallest absolute Gasteiger partial charge is 0.0589 e. The number of halogens is 1. The summed E-state index contributed by atoms with van der Waals surface area (Å²) in [5.41, 5.74) is 7.57. The second-order valence-corrected chi connectivity index (χ2v) is 5.00. The number of nitrogens with two attached hydrogens (primary N) is 1. The first-order chi connectivity index (χ1) is 8.25. The number of anilines is 2. The molecule has 0 atom stereocenters. The molecule has 1 aromatic rings. The third-order valence-corrected chi connectivity index (χ3v) is 3.44. The summed E-state index contributed by atoms with van der Waals surface area (Å²) in [6.07, 6.45) is 4.05. The van der Waals surface area contributed by atoms with Crippen LogP contribution in [0.3, 0.4) is 0 Å². The maximum Gasteiger partial charge on any atom is 0.0589 e. The van der Waals surface area contributed by atoms with Crippen LogP contribution in [0, 0.1) is 0 Å². The zero-order valence-electron chi connectivity index (χ0n) is 10.1. The fourth-order valence-electron chi connectivity index (χ4n) is 2.21. The maximum absolute atomic E-state index is 5.94. The van der Waals surface area contributed by atoms with Crippen LogP contribution in [0.2, 0.25) is 5.02 Å². The van der Waals surface area contributed by atoms with Gasteiger partial charge in [0.2, 0.25) is 0 Å². The highest BCUT2D eigenvalue weighted by molar-refractivity contribution is 6.31. The first-order valence-electron chi connectivity index (χ1n) is 6.27. The molecule has 3 N–H and O–H groups in total. The molecule has 17 heavy (non-hydrogen) atoms. The second kappa shape index (κ2) is 6.12. The van der Waals surface area contributed by atoms with Crippen LogP contribution in [0.25, 0.3) is 0 Å². The predicted octanol–water partition coefficient (Wildman–Crippen LogP) is 2.82. The van der Waals surface area contributed by atoms with Gasteiger partial charge in [-0.15, -0.1) is 0 Å². The Bertz CT molecular complexity index is 362. The number of piperidine rings is 1. The molecule has 1 aromatic carbocycles. The Morgan fingerprint density at radius 1 is 1.24 bits per heavy atom. The molecule has 1 saturated heterocycles. The first-order valence-corrected chi connectivity index (χ1v) is 6.65. The summed E-state index contributed by atoms with van der Waals surface area (Å²) in [6, 6.07) is 5.53. The summed E-state index contributed by atoms with van der Waals surface area (Å²) in [5.74, 6) is 0. The van der Waals surface area contributed by atoms with E-state index in [4.69, 9.17) is 17.3 Å². The highest BCUT2D eigenvalue weighted by Gasteiger charge is 2.09. The molecule has 0 saturated carbocycles. The molecule has 0 unspecified atom stereocenters. The molecule has 4 heteroatoms. The monoisotopic (exact) mass is 253 g/mol. The van der Waals surface area contributed by atoms with E-state index in [0.29, 0.717) is 0 Å². The molecule has 0 radical (unpaired) electrons. The molecular formula is C13H20ClN3. The molecular weight excluding hydrogens is 234 g/mol. The van der Waals surface area contributed by atoms with E-state index in [1.54, 1.807) is 0 Å².